The molecule has 0 spiro atoms. The topological polar surface area (TPSA) is 91.4 Å². The molecule has 212 valence electrons. The minimum Gasteiger partial charge on any atom is -0.463 e. The largest absolute Gasteiger partial charge is 0.463 e. The van der Waals surface area contributed by atoms with Crippen LogP contribution in [0.25, 0.3) is 0 Å². The van der Waals surface area contributed by atoms with Gasteiger partial charge in [-0.3, -0.25) is 14.6 Å². The molecule has 0 unspecified atom stereocenters. The van der Waals surface area contributed by atoms with E-state index < -0.39 is 12.0 Å². The van der Waals surface area contributed by atoms with E-state index in [1.807, 2.05) is 59.5 Å². The van der Waals surface area contributed by atoms with Crippen LogP contribution in [0.5, 0.6) is 11.5 Å². The molecule has 1 N–H and O–H groups in total. The number of para-hydroxylation sites is 1. The molecule has 0 aromatic heterocycles. The van der Waals surface area contributed by atoms with Gasteiger partial charge >= 0.3 is 12.0 Å². The third kappa shape index (κ3) is 5.84. The van der Waals surface area contributed by atoms with Crippen molar-refractivity contribution < 1.29 is 23.9 Å². The zero-order valence-corrected chi connectivity index (χ0v) is 23.5. The van der Waals surface area contributed by atoms with Crippen LogP contribution in [-0.2, 0) is 14.3 Å². The van der Waals surface area contributed by atoms with Gasteiger partial charge in [-0.05, 0) is 56.5 Å². The third-order valence-corrected chi connectivity index (χ3v) is 8.07. The standard InChI is InChI=1S/C31H38N4O5/c1-4-39-30(37)27-26(20-34-16-17-35(21(2)19-34)29(36)22-10-8-11-22)33(3)31(38)32-28(27)23-12-9-15-25(18-23)40-24-13-6-5-7-14-24/h5-7,9,12-15,18,21-22,28H,4,8,10-11,16-17,19-20H2,1-3H3,(H,32,38)/t21-,28+/m0/s1. The van der Waals surface area contributed by atoms with Gasteiger partial charge < -0.3 is 19.7 Å². The van der Waals surface area contributed by atoms with E-state index in [9.17, 15) is 14.4 Å². The van der Waals surface area contributed by atoms with Gasteiger partial charge in [0.25, 0.3) is 0 Å². The number of likely N-dealkylation sites (N-methyl/N-ethyl adjacent to an activating group) is 1. The van der Waals surface area contributed by atoms with Gasteiger partial charge in [0, 0.05) is 50.9 Å². The van der Waals surface area contributed by atoms with Gasteiger partial charge in [-0.25, -0.2) is 9.59 Å². The predicted octanol–water partition coefficient (Wildman–Crippen LogP) is 4.33. The van der Waals surface area contributed by atoms with Crippen LogP contribution in [0.1, 0.15) is 44.7 Å². The number of nitrogens with zero attached hydrogens (tertiary/aromatic N) is 3. The molecule has 40 heavy (non-hydrogen) atoms. The van der Waals surface area contributed by atoms with Crippen molar-refractivity contribution in [3.8, 4) is 11.5 Å². The number of hydrogen-bond donors (Lipinski definition) is 1. The average Bonchev–Trinajstić information content (AvgIpc) is 2.91. The minimum absolute atomic E-state index is 0.0545. The van der Waals surface area contributed by atoms with E-state index in [-0.39, 0.29) is 30.5 Å². The van der Waals surface area contributed by atoms with E-state index in [4.69, 9.17) is 9.47 Å². The highest BCUT2D eigenvalue weighted by Crippen LogP contribution is 2.34. The monoisotopic (exact) mass is 546 g/mol. The Morgan fingerprint density at radius 2 is 1.77 bits per heavy atom. The first-order chi connectivity index (χ1) is 19.4. The lowest BCUT2D eigenvalue weighted by Crippen LogP contribution is -2.57. The molecule has 1 saturated heterocycles. The zero-order valence-electron chi connectivity index (χ0n) is 23.5. The van der Waals surface area contributed by atoms with Crippen molar-refractivity contribution in [3.63, 3.8) is 0 Å². The van der Waals surface area contributed by atoms with Crippen molar-refractivity contribution in [1.82, 2.24) is 20.0 Å². The first-order valence-corrected chi connectivity index (χ1v) is 14.2. The lowest BCUT2D eigenvalue weighted by Gasteiger charge is -2.44. The summed E-state index contributed by atoms with van der Waals surface area (Å²) in [6, 6.07) is 15.9. The Labute approximate surface area is 235 Å². The molecule has 5 rings (SSSR count). The Balaban J connectivity index is 1.42. The second-order valence-corrected chi connectivity index (χ2v) is 10.8. The van der Waals surface area contributed by atoms with Crippen molar-refractivity contribution in [3.05, 3.63) is 71.4 Å². The minimum atomic E-state index is -0.698. The number of urea groups is 1. The molecule has 0 radical (unpaired) electrons. The number of esters is 1. The van der Waals surface area contributed by atoms with E-state index >= 15 is 0 Å². The van der Waals surface area contributed by atoms with Crippen LogP contribution in [0.15, 0.2) is 65.9 Å². The summed E-state index contributed by atoms with van der Waals surface area (Å²) in [5, 5.41) is 2.99. The molecule has 2 aliphatic heterocycles. The first kappa shape index (κ1) is 27.7. The van der Waals surface area contributed by atoms with Crippen LogP contribution in [0.2, 0.25) is 0 Å². The molecule has 1 aliphatic carbocycles. The van der Waals surface area contributed by atoms with Gasteiger partial charge in [-0.1, -0.05) is 36.8 Å². The van der Waals surface area contributed by atoms with Crippen LogP contribution in [-0.4, -0.2) is 78.5 Å². The molecule has 9 nitrogen and oxygen atoms in total. The maximum absolute atomic E-state index is 13.4. The summed E-state index contributed by atoms with van der Waals surface area (Å²) in [5.41, 5.74) is 1.73. The smallest absolute Gasteiger partial charge is 0.338 e. The molecule has 3 aliphatic rings. The fourth-order valence-corrected chi connectivity index (χ4v) is 5.64. The predicted molar refractivity (Wildman–Crippen MR) is 151 cm³/mol. The highest BCUT2D eigenvalue weighted by atomic mass is 16.5. The quantitative estimate of drug-likeness (QED) is 0.496. The van der Waals surface area contributed by atoms with Gasteiger partial charge in [-0.2, -0.15) is 0 Å². The molecule has 9 heteroatoms. The van der Waals surface area contributed by atoms with Gasteiger partial charge in [-0.15, -0.1) is 0 Å². The molecular formula is C31H38N4O5. The summed E-state index contributed by atoms with van der Waals surface area (Å²) in [4.78, 5) is 45.2. The van der Waals surface area contributed by atoms with E-state index in [1.54, 1.807) is 14.0 Å². The van der Waals surface area contributed by atoms with Gasteiger partial charge in [0.1, 0.15) is 11.5 Å². The summed E-state index contributed by atoms with van der Waals surface area (Å²) in [6.07, 6.45) is 3.10. The molecule has 1 saturated carbocycles. The third-order valence-electron chi connectivity index (χ3n) is 8.07. The number of piperazine rings is 1. The Bertz CT molecular complexity index is 1280. The molecular weight excluding hydrogens is 508 g/mol. The number of carbonyl (C=O) groups excluding carboxylic acids is 3. The van der Waals surface area contributed by atoms with Crippen LogP contribution in [0.3, 0.4) is 0 Å². The van der Waals surface area contributed by atoms with E-state index in [0.29, 0.717) is 48.9 Å². The summed E-state index contributed by atoms with van der Waals surface area (Å²) in [7, 11) is 1.68. The average molecular weight is 547 g/mol. The van der Waals surface area contributed by atoms with Gasteiger partial charge in [0.15, 0.2) is 0 Å². The maximum Gasteiger partial charge on any atom is 0.338 e. The van der Waals surface area contributed by atoms with Crippen molar-refractivity contribution >= 4 is 17.9 Å². The molecule has 0 bridgehead atoms. The Kier molecular flexibility index (Phi) is 8.40. The number of rotatable bonds is 8. The highest BCUT2D eigenvalue weighted by Gasteiger charge is 2.39. The summed E-state index contributed by atoms with van der Waals surface area (Å²) >= 11 is 0. The zero-order chi connectivity index (χ0) is 28.2. The molecule has 2 fully saturated rings. The number of carbonyl (C=O) groups is 3. The number of ether oxygens (including phenoxy) is 2. The van der Waals surface area contributed by atoms with E-state index in [1.165, 1.54) is 4.90 Å². The molecule has 2 atom stereocenters. The summed E-state index contributed by atoms with van der Waals surface area (Å²) in [6.45, 7) is 6.42. The summed E-state index contributed by atoms with van der Waals surface area (Å²) < 4.78 is 11.5. The van der Waals surface area contributed by atoms with Gasteiger partial charge in [0.05, 0.1) is 18.2 Å². The second kappa shape index (κ2) is 12.1. The lowest BCUT2D eigenvalue weighted by atomic mass is 9.84. The Hall–Kier alpha value is -3.85. The Morgan fingerprint density at radius 1 is 1.02 bits per heavy atom. The van der Waals surface area contributed by atoms with Crippen LogP contribution in [0.4, 0.5) is 4.79 Å². The number of nitrogens with one attached hydrogen (secondary N) is 1. The number of benzene rings is 2. The number of amides is 3. The van der Waals surface area contributed by atoms with Crippen molar-refractivity contribution in [2.75, 3.05) is 39.8 Å². The molecule has 2 aromatic rings. The normalized spacial score (nSPS) is 22.0. The molecule has 2 heterocycles. The molecule has 2 aromatic carbocycles. The highest BCUT2D eigenvalue weighted by molar-refractivity contribution is 5.95. The molecule has 3 amide bonds. The van der Waals surface area contributed by atoms with Crippen molar-refractivity contribution in [1.29, 1.82) is 0 Å². The lowest BCUT2D eigenvalue weighted by molar-refractivity contribution is -0.142. The van der Waals surface area contributed by atoms with E-state index in [0.717, 1.165) is 24.8 Å². The van der Waals surface area contributed by atoms with Crippen molar-refractivity contribution in [2.45, 2.75) is 45.2 Å². The SMILES string of the molecule is CCOC(=O)C1=C(CN2CCN(C(=O)C3CCC3)[C@@H](C)C2)N(C)C(=O)N[C@@H]1c1cccc(Oc2ccccc2)c1. The fourth-order valence-electron chi connectivity index (χ4n) is 5.64. The van der Waals surface area contributed by atoms with Crippen LogP contribution < -0.4 is 10.1 Å². The Morgan fingerprint density at radius 3 is 2.45 bits per heavy atom. The first-order valence-electron chi connectivity index (χ1n) is 14.2. The van der Waals surface area contributed by atoms with E-state index in [2.05, 4.69) is 17.1 Å². The number of hydrogen-bond acceptors (Lipinski definition) is 6. The van der Waals surface area contributed by atoms with Crippen molar-refractivity contribution in [2.24, 2.45) is 5.92 Å². The maximum atomic E-state index is 13.4. The second-order valence-electron chi connectivity index (χ2n) is 10.8. The van der Waals surface area contributed by atoms with Crippen LogP contribution in [0, 0.1) is 5.92 Å². The van der Waals surface area contributed by atoms with Crippen LogP contribution >= 0.6 is 0 Å². The van der Waals surface area contributed by atoms with Gasteiger partial charge in [0.2, 0.25) is 5.91 Å². The fraction of sp³-hybridized carbons (Fsp3) is 0.452. The summed E-state index contributed by atoms with van der Waals surface area (Å²) in [5.74, 6) is 1.26.